The molecule has 4 nitrogen and oxygen atoms in total. The number of benzene rings is 3. The minimum Gasteiger partial charge on any atom is -0.497 e. The zero-order valence-electron chi connectivity index (χ0n) is 17.1. The molecule has 0 fully saturated rings. The van der Waals surface area contributed by atoms with Crippen LogP contribution in [0.1, 0.15) is 30.4 Å². The second-order valence-electron chi connectivity index (χ2n) is 7.07. The second kappa shape index (κ2) is 9.09. The van der Waals surface area contributed by atoms with Crippen molar-refractivity contribution in [2.45, 2.75) is 25.8 Å². The molecule has 1 aromatic heterocycles. The number of amides is 1. The van der Waals surface area contributed by atoms with Crippen LogP contribution in [0.15, 0.2) is 83.9 Å². The summed E-state index contributed by atoms with van der Waals surface area (Å²) in [6.07, 6.45) is 0.958. The van der Waals surface area contributed by atoms with Gasteiger partial charge in [0.05, 0.1) is 23.2 Å². The summed E-state index contributed by atoms with van der Waals surface area (Å²) in [4.78, 5) is 18.8. The molecule has 5 heteroatoms. The molecule has 152 valence electrons. The van der Waals surface area contributed by atoms with Gasteiger partial charge in [0.25, 0.3) is 5.91 Å². The van der Waals surface area contributed by atoms with Crippen molar-refractivity contribution >= 4 is 27.5 Å². The molecule has 0 aliphatic carbocycles. The topological polar surface area (TPSA) is 43.6 Å². The molecule has 1 amide bonds. The summed E-state index contributed by atoms with van der Waals surface area (Å²) in [5, 5.41) is 0. The van der Waals surface area contributed by atoms with Gasteiger partial charge in [-0.15, -0.1) is 0 Å². The summed E-state index contributed by atoms with van der Waals surface area (Å²) in [6.45, 7) is 2.93. The number of methoxy groups -OCH3 is 1. The van der Waals surface area contributed by atoms with E-state index in [0.717, 1.165) is 44.9 Å². The first-order valence-electron chi connectivity index (χ1n) is 10.1. The first-order chi connectivity index (χ1) is 14.7. The predicted molar refractivity (Wildman–Crippen MR) is 122 cm³/mol. The van der Waals surface area contributed by atoms with E-state index >= 15 is 0 Å². The summed E-state index contributed by atoms with van der Waals surface area (Å²) in [5.41, 5.74) is 2.97. The average molecular weight is 417 g/mol. The minimum absolute atomic E-state index is 0.157. The van der Waals surface area contributed by atoms with Gasteiger partial charge in [0.15, 0.2) is 4.80 Å². The van der Waals surface area contributed by atoms with Crippen molar-refractivity contribution in [2.75, 3.05) is 7.11 Å². The predicted octanol–water partition coefficient (Wildman–Crippen LogP) is 5.38. The number of carbonyl (C=O) groups is 1. The smallest absolute Gasteiger partial charge is 0.260 e. The van der Waals surface area contributed by atoms with Crippen molar-refractivity contribution in [3.8, 4) is 5.75 Å². The highest BCUT2D eigenvalue weighted by molar-refractivity contribution is 7.16. The lowest BCUT2D eigenvalue weighted by Gasteiger charge is -2.14. The van der Waals surface area contributed by atoms with Crippen LogP contribution in [0.2, 0.25) is 0 Å². The molecule has 0 N–H and O–H groups in total. The lowest BCUT2D eigenvalue weighted by molar-refractivity contribution is -0.118. The highest BCUT2D eigenvalue weighted by Crippen LogP contribution is 2.27. The van der Waals surface area contributed by atoms with Gasteiger partial charge in [0.2, 0.25) is 0 Å². The van der Waals surface area contributed by atoms with Crippen LogP contribution in [0, 0.1) is 0 Å². The molecular formula is C25H24N2O2S. The van der Waals surface area contributed by atoms with Gasteiger partial charge in [-0.25, -0.2) is 0 Å². The van der Waals surface area contributed by atoms with Gasteiger partial charge in [0.1, 0.15) is 5.75 Å². The van der Waals surface area contributed by atoms with Crippen molar-refractivity contribution in [2.24, 2.45) is 4.99 Å². The van der Waals surface area contributed by atoms with Crippen LogP contribution in [-0.2, 0) is 11.3 Å². The lowest BCUT2D eigenvalue weighted by atomic mass is 9.91. The Balaban J connectivity index is 1.85. The maximum atomic E-state index is 13.5. The normalized spacial score (nSPS) is 11.9. The SMILES string of the molecule is CCCn1c(=NC(=O)C(c2ccccc2)c2ccccc2)sc2cc(OC)ccc21. The molecule has 0 aliphatic rings. The third-order valence-electron chi connectivity index (χ3n) is 5.06. The second-order valence-corrected chi connectivity index (χ2v) is 8.08. The number of aromatic nitrogens is 1. The fourth-order valence-electron chi connectivity index (χ4n) is 3.63. The van der Waals surface area contributed by atoms with Crippen LogP contribution in [0.3, 0.4) is 0 Å². The third-order valence-corrected chi connectivity index (χ3v) is 6.10. The monoisotopic (exact) mass is 416 g/mol. The zero-order chi connectivity index (χ0) is 20.9. The van der Waals surface area contributed by atoms with Crippen LogP contribution in [0.4, 0.5) is 0 Å². The number of ether oxygens (including phenoxy) is 1. The number of fused-ring (bicyclic) bond motifs is 1. The van der Waals surface area contributed by atoms with Gasteiger partial charge >= 0.3 is 0 Å². The molecule has 0 unspecified atom stereocenters. The van der Waals surface area contributed by atoms with Crippen molar-refractivity contribution in [1.82, 2.24) is 4.57 Å². The number of thiazole rings is 1. The van der Waals surface area contributed by atoms with Crippen LogP contribution >= 0.6 is 11.3 Å². The fraction of sp³-hybridized carbons (Fsp3) is 0.200. The molecule has 1 heterocycles. The Morgan fingerprint density at radius 1 is 1.00 bits per heavy atom. The molecule has 0 atom stereocenters. The van der Waals surface area contributed by atoms with Crippen molar-refractivity contribution in [3.05, 3.63) is 94.8 Å². The third kappa shape index (κ3) is 4.07. The van der Waals surface area contributed by atoms with E-state index in [0.29, 0.717) is 0 Å². The molecule has 3 aromatic carbocycles. The van der Waals surface area contributed by atoms with Crippen LogP contribution in [0.25, 0.3) is 10.2 Å². The number of rotatable bonds is 6. The van der Waals surface area contributed by atoms with Crippen LogP contribution < -0.4 is 9.54 Å². The molecule has 4 rings (SSSR count). The number of hydrogen-bond acceptors (Lipinski definition) is 3. The summed E-state index contributed by atoms with van der Waals surface area (Å²) in [5.74, 6) is 0.217. The van der Waals surface area contributed by atoms with E-state index in [1.54, 1.807) is 7.11 Å². The van der Waals surface area contributed by atoms with E-state index in [2.05, 4.69) is 16.5 Å². The first-order valence-corrected chi connectivity index (χ1v) is 10.9. The van der Waals surface area contributed by atoms with Gasteiger partial charge in [-0.1, -0.05) is 78.9 Å². The van der Waals surface area contributed by atoms with Crippen LogP contribution in [-0.4, -0.2) is 17.6 Å². The summed E-state index contributed by atoms with van der Waals surface area (Å²) in [7, 11) is 1.66. The van der Waals surface area contributed by atoms with Gasteiger partial charge in [-0.2, -0.15) is 4.99 Å². The van der Waals surface area contributed by atoms with Crippen molar-refractivity contribution in [1.29, 1.82) is 0 Å². The van der Waals surface area contributed by atoms with Gasteiger partial charge < -0.3 is 9.30 Å². The molecule has 0 aliphatic heterocycles. The zero-order valence-corrected chi connectivity index (χ0v) is 17.9. The Morgan fingerprint density at radius 3 is 2.20 bits per heavy atom. The van der Waals surface area contributed by atoms with E-state index in [1.807, 2.05) is 78.9 Å². The van der Waals surface area contributed by atoms with E-state index < -0.39 is 5.92 Å². The number of nitrogens with zero attached hydrogens (tertiary/aromatic N) is 2. The molecular weight excluding hydrogens is 392 g/mol. The quantitative estimate of drug-likeness (QED) is 0.423. The van der Waals surface area contributed by atoms with Crippen molar-refractivity contribution < 1.29 is 9.53 Å². The highest BCUT2D eigenvalue weighted by atomic mass is 32.1. The fourth-order valence-corrected chi connectivity index (χ4v) is 4.72. The maximum absolute atomic E-state index is 13.5. The lowest BCUT2D eigenvalue weighted by Crippen LogP contribution is -2.20. The summed E-state index contributed by atoms with van der Waals surface area (Å²) < 4.78 is 8.56. The van der Waals surface area contributed by atoms with Crippen LogP contribution in [0.5, 0.6) is 5.75 Å². The summed E-state index contributed by atoms with van der Waals surface area (Å²) in [6, 6.07) is 25.7. The number of hydrogen-bond donors (Lipinski definition) is 0. The highest BCUT2D eigenvalue weighted by Gasteiger charge is 2.22. The summed E-state index contributed by atoms with van der Waals surface area (Å²) >= 11 is 1.52. The maximum Gasteiger partial charge on any atom is 0.260 e. The molecule has 30 heavy (non-hydrogen) atoms. The van der Waals surface area contributed by atoms with Gasteiger partial charge in [-0.05, 0) is 35.7 Å². The average Bonchev–Trinajstić information content (AvgIpc) is 3.11. The first kappa shape index (κ1) is 20.1. The van der Waals surface area contributed by atoms with Gasteiger partial charge in [0, 0.05) is 6.54 Å². The van der Waals surface area contributed by atoms with E-state index in [-0.39, 0.29) is 5.91 Å². The molecule has 0 saturated heterocycles. The Kier molecular flexibility index (Phi) is 6.10. The molecule has 0 spiro atoms. The van der Waals surface area contributed by atoms with E-state index in [9.17, 15) is 4.79 Å². The number of carbonyl (C=O) groups excluding carboxylic acids is 1. The molecule has 0 saturated carbocycles. The molecule has 0 radical (unpaired) electrons. The largest absolute Gasteiger partial charge is 0.497 e. The standard InChI is InChI=1S/C25H24N2O2S/c1-3-16-27-21-15-14-20(29-2)17-22(21)30-25(27)26-24(28)23(18-10-6-4-7-11-18)19-12-8-5-9-13-19/h4-15,17,23H,3,16H2,1-2H3. The molecule has 4 aromatic rings. The Morgan fingerprint density at radius 2 is 1.63 bits per heavy atom. The van der Waals surface area contributed by atoms with E-state index in [4.69, 9.17) is 4.74 Å². The van der Waals surface area contributed by atoms with E-state index in [1.165, 1.54) is 11.3 Å². The van der Waals surface area contributed by atoms with Gasteiger partial charge in [-0.3, -0.25) is 4.79 Å². The Labute approximate surface area is 180 Å². The molecule has 0 bridgehead atoms. The Bertz CT molecular complexity index is 1170. The van der Waals surface area contributed by atoms with Crippen molar-refractivity contribution in [3.63, 3.8) is 0 Å². The minimum atomic E-state index is -0.428. The number of aryl methyl sites for hydroxylation is 1. The Hall–Kier alpha value is -3.18.